The number of benzene rings is 3. The van der Waals surface area contributed by atoms with Gasteiger partial charge in [-0.05, 0) is 91.9 Å². The number of nitrogens with one attached hydrogen (secondary N) is 7. The third-order valence-corrected chi connectivity index (χ3v) is 13.5. The lowest BCUT2D eigenvalue weighted by Gasteiger charge is -2.25. The van der Waals surface area contributed by atoms with Gasteiger partial charge in [-0.2, -0.15) is 0 Å². The van der Waals surface area contributed by atoms with Crippen molar-refractivity contribution in [2.45, 2.75) is 65.3 Å². The average molecular weight is 1250 g/mol. The van der Waals surface area contributed by atoms with Gasteiger partial charge in [0.15, 0.2) is 0 Å². The molecule has 0 saturated heterocycles. The van der Waals surface area contributed by atoms with Crippen LogP contribution in [0.5, 0.6) is 5.75 Å². The summed E-state index contributed by atoms with van der Waals surface area (Å²) in [5.41, 5.74) is 10.3. The van der Waals surface area contributed by atoms with Crippen molar-refractivity contribution in [2.24, 2.45) is 11.7 Å². The van der Waals surface area contributed by atoms with E-state index in [9.17, 15) is 47.9 Å². The SMILES string of the molecule is Cc1cccc(-c2nc(CNc3ccc(F)c(C(=O)O)c3)[nH]c2-c2ccc3ncc(OCCNC(=O)OCc4ccc(NC(=O)C(CCCNC(N)=O)NC(=O)[C@@H](NC(=O)CCOCCOCCOCCOCCN5C(=O)C=CC5=O)C(C)C)cc4)cc3c2)n1. The van der Waals surface area contributed by atoms with Gasteiger partial charge in [-0.1, -0.05) is 38.1 Å². The van der Waals surface area contributed by atoms with Gasteiger partial charge in [-0.25, -0.2) is 23.8 Å². The summed E-state index contributed by atoms with van der Waals surface area (Å²) < 4.78 is 47.3. The number of carboxylic acid groups (broad SMARTS) is 1. The summed E-state index contributed by atoms with van der Waals surface area (Å²) in [5.74, 6) is -3.96. The summed E-state index contributed by atoms with van der Waals surface area (Å²) in [4.78, 5) is 117. The van der Waals surface area contributed by atoms with Crippen molar-refractivity contribution in [3.63, 3.8) is 0 Å². The number of aryl methyl sites for hydroxylation is 1. The standard InChI is InChI=1S/C62H73FN12O15/c1-38(2)55(74-52(76)19-23-85-26-28-87-30-31-88-29-27-86-25-22-75-53(77)17-18-54(75)78)59(80)71-50(8-5-20-65-61(64)83)58(79)70-43-12-9-40(10-13-43)37-90-62(84)66-21-24-89-45-33-42-32-41(11-16-48(42)68-35-45)56-57(49-7-4-6-39(3)69-49)73-51(72-56)36-67-44-14-15-47(63)46(34-44)60(81)82/h4,6-7,9-18,32-35,38,50,55,67H,5,8,19-31,36-37H2,1-3H3,(H,66,84)(H,70,79)(H,71,80)(H,72,73)(H,74,76)(H,81,82)(H3,64,65,83)/t50?,55-/m0/s1. The normalized spacial score (nSPS) is 12.6. The van der Waals surface area contributed by atoms with E-state index in [2.05, 4.69) is 41.9 Å². The second-order valence-corrected chi connectivity index (χ2v) is 20.7. The lowest BCUT2D eigenvalue weighted by atomic mass is 10.0. The minimum absolute atomic E-state index is 0.0478. The molecule has 0 fully saturated rings. The number of alkyl carbamates (subject to hydrolysis) is 1. The van der Waals surface area contributed by atoms with Crippen LogP contribution in [0, 0.1) is 18.7 Å². The number of imidazole rings is 1. The molecule has 27 nitrogen and oxygen atoms in total. The fourth-order valence-corrected chi connectivity index (χ4v) is 8.90. The number of carbonyl (C=O) groups excluding carboxylic acids is 7. The zero-order valence-electron chi connectivity index (χ0n) is 50.0. The van der Waals surface area contributed by atoms with Gasteiger partial charge in [-0.15, -0.1) is 0 Å². The molecule has 0 bridgehead atoms. The fourth-order valence-electron chi connectivity index (χ4n) is 8.90. The molecule has 7 rings (SSSR count). The third-order valence-electron chi connectivity index (χ3n) is 13.5. The number of urea groups is 1. The first-order chi connectivity index (χ1) is 43.4. The molecule has 6 aromatic rings. The highest BCUT2D eigenvalue weighted by Gasteiger charge is 2.29. The minimum Gasteiger partial charge on any atom is -0.490 e. The number of imide groups is 1. The molecule has 1 aliphatic heterocycles. The monoisotopic (exact) mass is 1240 g/mol. The first kappa shape index (κ1) is 67.6. The van der Waals surface area contributed by atoms with Gasteiger partial charge < -0.3 is 76.1 Å². The number of primary amides is 1. The van der Waals surface area contributed by atoms with E-state index in [1.807, 2.05) is 49.4 Å². The number of nitrogens with two attached hydrogens (primary N) is 1. The molecule has 3 aromatic carbocycles. The Hall–Kier alpha value is -9.90. The second kappa shape index (κ2) is 34.6. The second-order valence-electron chi connectivity index (χ2n) is 20.7. The number of ether oxygens (including phenoxy) is 6. The smallest absolute Gasteiger partial charge is 0.407 e. The van der Waals surface area contributed by atoms with E-state index in [0.717, 1.165) is 27.6 Å². The molecule has 0 spiro atoms. The number of aromatic carboxylic acids is 1. The lowest BCUT2D eigenvalue weighted by Crippen LogP contribution is -2.54. The van der Waals surface area contributed by atoms with Crippen molar-refractivity contribution in [1.29, 1.82) is 0 Å². The molecule has 0 saturated carbocycles. The summed E-state index contributed by atoms with van der Waals surface area (Å²) in [5, 5.41) is 26.6. The number of pyridine rings is 2. The summed E-state index contributed by atoms with van der Waals surface area (Å²) in [7, 11) is 0. The van der Waals surface area contributed by atoms with Gasteiger partial charge in [0.25, 0.3) is 11.8 Å². The van der Waals surface area contributed by atoms with Crippen molar-refractivity contribution in [3.05, 3.63) is 132 Å². The van der Waals surface area contributed by atoms with E-state index in [1.165, 1.54) is 24.3 Å². The van der Waals surface area contributed by atoms with Crippen LogP contribution in [0.2, 0.25) is 0 Å². The number of hydrogen-bond donors (Lipinski definition) is 9. The van der Waals surface area contributed by atoms with Crippen LogP contribution in [0.15, 0.2) is 103 Å². The van der Waals surface area contributed by atoms with Crippen LogP contribution in [0.4, 0.5) is 25.4 Å². The van der Waals surface area contributed by atoms with Gasteiger partial charge in [0.1, 0.15) is 48.4 Å². The number of hydrogen-bond acceptors (Lipinski definition) is 18. The van der Waals surface area contributed by atoms with Crippen LogP contribution in [0.25, 0.3) is 33.5 Å². The molecule has 1 aliphatic rings. The van der Waals surface area contributed by atoms with E-state index in [4.69, 9.17) is 44.1 Å². The molecular formula is C62H73FN12O15. The number of nitrogens with zero attached hydrogens (tertiary/aromatic N) is 4. The number of aromatic nitrogens is 4. The Morgan fingerprint density at radius 3 is 2.14 bits per heavy atom. The van der Waals surface area contributed by atoms with E-state index in [-0.39, 0.29) is 109 Å². The van der Waals surface area contributed by atoms with E-state index in [1.54, 1.807) is 44.3 Å². The maximum Gasteiger partial charge on any atom is 0.407 e. The quantitative estimate of drug-likeness (QED) is 0.0180. The number of anilines is 2. The first-order valence-corrected chi connectivity index (χ1v) is 29.0. The number of fused-ring (bicyclic) bond motifs is 1. The van der Waals surface area contributed by atoms with Gasteiger partial charge in [0.2, 0.25) is 17.7 Å². The molecular weight excluding hydrogens is 1170 g/mol. The molecule has 4 heterocycles. The Balaban J connectivity index is 0.814. The number of carbonyl (C=O) groups is 8. The van der Waals surface area contributed by atoms with Crippen molar-refractivity contribution in [1.82, 2.24) is 46.1 Å². The maximum absolute atomic E-state index is 14.1. The molecule has 0 radical (unpaired) electrons. The molecule has 2 atom stereocenters. The zero-order chi connectivity index (χ0) is 64.4. The van der Waals surface area contributed by atoms with Crippen LogP contribution in [-0.2, 0) is 60.8 Å². The number of amides is 8. The Labute approximate surface area is 517 Å². The van der Waals surface area contributed by atoms with Crippen LogP contribution in [0.3, 0.4) is 0 Å². The summed E-state index contributed by atoms with van der Waals surface area (Å²) in [6.45, 7) is 7.80. The predicted octanol–water partition coefficient (Wildman–Crippen LogP) is 5.14. The number of rotatable bonds is 37. The highest BCUT2D eigenvalue weighted by atomic mass is 19.1. The van der Waals surface area contributed by atoms with Crippen molar-refractivity contribution in [3.8, 4) is 28.4 Å². The average Bonchev–Trinajstić information content (AvgIpc) is 1.63. The molecule has 0 aliphatic carbocycles. The van der Waals surface area contributed by atoms with Gasteiger partial charge in [0, 0.05) is 53.1 Å². The number of carboxylic acids is 1. The van der Waals surface area contributed by atoms with Crippen molar-refractivity contribution < 1.29 is 76.3 Å². The Kier molecular flexibility index (Phi) is 26.0. The number of aromatic amines is 1. The van der Waals surface area contributed by atoms with Crippen LogP contribution in [0.1, 0.15) is 60.5 Å². The van der Waals surface area contributed by atoms with Gasteiger partial charge >= 0.3 is 18.1 Å². The topological polar surface area (TPSA) is 368 Å². The Bertz CT molecular complexity index is 3470. The molecule has 28 heteroatoms. The summed E-state index contributed by atoms with van der Waals surface area (Å²) >= 11 is 0. The zero-order valence-corrected chi connectivity index (χ0v) is 50.0. The van der Waals surface area contributed by atoms with E-state index < -0.39 is 59.3 Å². The molecule has 90 heavy (non-hydrogen) atoms. The maximum atomic E-state index is 14.1. The van der Waals surface area contributed by atoms with Crippen LogP contribution in [-0.4, -0.2) is 169 Å². The number of H-pyrrole nitrogens is 1. The fraction of sp³-hybridized carbons (Fsp3) is 0.371. The Morgan fingerprint density at radius 1 is 0.756 bits per heavy atom. The highest BCUT2D eigenvalue weighted by Crippen LogP contribution is 2.32. The predicted molar refractivity (Wildman–Crippen MR) is 326 cm³/mol. The molecule has 8 amide bonds. The molecule has 1 unspecified atom stereocenters. The van der Waals surface area contributed by atoms with Crippen LogP contribution >= 0.6 is 0 Å². The third kappa shape index (κ3) is 21.5. The summed E-state index contributed by atoms with van der Waals surface area (Å²) in [6.07, 6.45) is 3.64. The van der Waals surface area contributed by atoms with Crippen molar-refractivity contribution >= 4 is 69.9 Å². The molecule has 3 aromatic heterocycles. The van der Waals surface area contributed by atoms with Gasteiger partial charge in [-0.3, -0.25) is 38.8 Å². The number of halogens is 1. The first-order valence-electron chi connectivity index (χ1n) is 29.0. The minimum atomic E-state index is -1.38. The highest BCUT2D eigenvalue weighted by molar-refractivity contribution is 6.12. The Morgan fingerprint density at radius 2 is 1.46 bits per heavy atom. The lowest BCUT2D eigenvalue weighted by molar-refractivity contribution is -0.137. The van der Waals surface area contributed by atoms with Crippen molar-refractivity contribution in [2.75, 3.05) is 89.7 Å². The van der Waals surface area contributed by atoms with E-state index >= 15 is 0 Å². The molecule has 10 N–H and O–H groups in total. The van der Waals surface area contributed by atoms with Crippen LogP contribution < -0.4 is 42.4 Å². The summed E-state index contributed by atoms with van der Waals surface area (Å²) in [6, 6.07) is 20.5. The van der Waals surface area contributed by atoms with Gasteiger partial charge in [0.05, 0.1) is 101 Å². The largest absolute Gasteiger partial charge is 0.490 e. The molecule has 478 valence electrons. The van der Waals surface area contributed by atoms with E-state index in [0.29, 0.717) is 70.9 Å².